The molecule has 1 aromatic carbocycles. The molecule has 1 N–H and O–H groups in total. The number of nitrogens with zero attached hydrogens (tertiary/aromatic N) is 3. The van der Waals surface area contributed by atoms with Crippen LogP contribution in [-0.2, 0) is 16.6 Å². The molecule has 0 bridgehead atoms. The predicted octanol–water partition coefficient (Wildman–Crippen LogP) is 2.23. The van der Waals surface area contributed by atoms with Crippen LogP contribution < -0.4 is 10.2 Å². The average molecular weight is 451 g/mol. The van der Waals surface area contributed by atoms with Gasteiger partial charge in [0.1, 0.15) is 4.21 Å². The van der Waals surface area contributed by atoms with Crippen LogP contribution in [0.5, 0.6) is 0 Å². The molecule has 0 atom stereocenters. The number of carbonyl (C=O) groups excluding carboxylic acids is 2. The highest BCUT2D eigenvalue weighted by atomic mass is 32.2. The zero-order valence-corrected chi connectivity index (χ0v) is 18.9. The maximum Gasteiger partial charge on any atom is 0.317 e. The fourth-order valence-electron chi connectivity index (χ4n) is 3.12. The summed E-state index contributed by atoms with van der Waals surface area (Å²) in [6.45, 7) is 4.42. The summed E-state index contributed by atoms with van der Waals surface area (Å²) >= 11 is 1.16. The van der Waals surface area contributed by atoms with E-state index in [-0.39, 0.29) is 16.0 Å². The van der Waals surface area contributed by atoms with Gasteiger partial charge in [0.2, 0.25) is 0 Å². The second kappa shape index (κ2) is 9.15. The Morgan fingerprint density at radius 1 is 1.03 bits per heavy atom. The Balaban J connectivity index is 1.50. The molecule has 162 valence electrons. The van der Waals surface area contributed by atoms with Crippen LogP contribution in [0.2, 0.25) is 0 Å². The minimum absolute atomic E-state index is 0.0419. The second-order valence-electron chi connectivity index (χ2n) is 7.24. The quantitative estimate of drug-likeness (QED) is 0.682. The topological polar surface area (TPSA) is 90.0 Å². The maximum atomic E-state index is 12.5. The molecule has 1 aromatic heterocycles. The van der Waals surface area contributed by atoms with E-state index in [1.54, 1.807) is 24.0 Å². The summed E-state index contributed by atoms with van der Waals surface area (Å²) in [5.74, 6) is 0.0419. The standard InChI is InChI=1S/C20H26N4O4S2/c1-15(25)16-4-6-17(7-5-16)23-10-12-24(13-11-23)20(26)21-14-18-8-9-19(29-18)30(27,28)22(2)3/h4-9H,10-14H2,1-3H3,(H,21,26). The molecule has 3 rings (SSSR count). The number of ketones is 1. The van der Waals surface area contributed by atoms with Crippen molar-refractivity contribution in [2.75, 3.05) is 45.2 Å². The molecule has 10 heteroatoms. The zero-order chi connectivity index (χ0) is 21.9. The smallest absolute Gasteiger partial charge is 0.317 e. The van der Waals surface area contributed by atoms with Crippen LogP contribution in [0.15, 0.2) is 40.6 Å². The molecule has 2 aromatic rings. The van der Waals surface area contributed by atoms with Crippen LogP contribution in [0.4, 0.5) is 10.5 Å². The molecule has 1 fully saturated rings. The van der Waals surface area contributed by atoms with Crippen molar-refractivity contribution in [1.82, 2.24) is 14.5 Å². The number of piperazine rings is 1. The Morgan fingerprint density at radius 2 is 1.67 bits per heavy atom. The number of nitrogens with one attached hydrogen (secondary N) is 1. The molecule has 0 unspecified atom stereocenters. The van der Waals surface area contributed by atoms with E-state index in [1.165, 1.54) is 18.4 Å². The molecule has 0 spiro atoms. The van der Waals surface area contributed by atoms with E-state index in [0.29, 0.717) is 38.3 Å². The number of sulfonamides is 1. The Bertz CT molecular complexity index is 1010. The number of hydrogen-bond donors (Lipinski definition) is 1. The molecular weight excluding hydrogens is 424 g/mol. The fraction of sp³-hybridized carbons (Fsp3) is 0.400. The molecule has 2 amide bonds. The summed E-state index contributed by atoms with van der Waals surface area (Å²) in [6, 6.07) is 10.6. The monoisotopic (exact) mass is 450 g/mol. The highest BCUT2D eigenvalue weighted by molar-refractivity contribution is 7.91. The third-order valence-electron chi connectivity index (χ3n) is 4.99. The lowest BCUT2D eigenvalue weighted by Gasteiger charge is -2.36. The molecule has 1 aliphatic rings. The molecule has 2 heterocycles. The van der Waals surface area contributed by atoms with E-state index in [2.05, 4.69) is 10.2 Å². The summed E-state index contributed by atoms with van der Waals surface area (Å²) in [7, 11) is -0.463. The number of rotatable bonds is 6. The van der Waals surface area contributed by atoms with Crippen molar-refractivity contribution in [3.8, 4) is 0 Å². The van der Waals surface area contributed by atoms with Crippen molar-refractivity contribution in [2.24, 2.45) is 0 Å². The van der Waals surface area contributed by atoms with Crippen LogP contribution in [0.3, 0.4) is 0 Å². The highest BCUT2D eigenvalue weighted by Gasteiger charge is 2.22. The van der Waals surface area contributed by atoms with E-state index in [4.69, 9.17) is 0 Å². The largest absolute Gasteiger partial charge is 0.368 e. The van der Waals surface area contributed by atoms with E-state index in [0.717, 1.165) is 21.9 Å². The van der Waals surface area contributed by atoms with Crippen LogP contribution in [0.1, 0.15) is 22.2 Å². The average Bonchev–Trinajstić information content (AvgIpc) is 3.22. The zero-order valence-electron chi connectivity index (χ0n) is 17.3. The van der Waals surface area contributed by atoms with Gasteiger partial charge in [-0.15, -0.1) is 11.3 Å². The van der Waals surface area contributed by atoms with Gasteiger partial charge in [-0.3, -0.25) is 4.79 Å². The van der Waals surface area contributed by atoms with Crippen LogP contribution in [0.25, 0.3) is 0 Å². The van der Waals surface area contributed by atoms with Crippen molar-refractivity contribution in [3.63, 3.8) is 0 Å². The molecule has 30 heavy (non-hydrogen) atoms. The second-order valence-corrected chi connectivity index (χ2v) is 10.8. The minimum atomic E-state index is -3.45. The van der Waals surface area contributed by atoms with E-state index < -0.39 is 10.0 Å². The Morgan fingerprint density at radius 3 is 2.23 bits per heavy atom. The Labute approximate surface area is 181 Å². The van der Waals surface area contributed by atoms with Crippen molar-refractivity contribution >= 4 is 38.9 Å². The van der Waals surface area contributed by atoms with Crippen molar-refractivity contribution in [1.29, 1.82) is 0 Å². The van der Waals surface area contributed by atoms with Gasteiger partial charge in [0.15, 0.2) is 5.78 Å². The van der Waals surface area contributed by atoms with E-state index in [1.807, 2.05) is 24.3 Å². The van der Waals surface area contributed by atoms with Gasteiger partial charge >= 0.3 is 6.03 Å². The van der Waals surface area contributed by atoms with E-state index in [9.17, 15) is 18.0 Å². The molecular formula is C20H26N4O4S2. The summed E-state index contributed by atoms with van der Waals surface area (Å²) in [5.41, 5.74) is 1.72. The van der Waals surface area contributed by atoms with Gasteiger partial charge in [0.25, 0.3) is 10.0 Å². The van der Waals surface area contributed by atoms with Gasteiger partial charge in [0, 0.05) is 56.4 Å². The molecule has 0 radical (unpaired) electrons. The molecule has 1 aliphatic heterocycles. The van der Waals surface area contributed by atoms with Gasteiger partial charge in [-0.05, 0) is 43.3 Å². The molecule has 0 aliphatic carbocycles. The summed E-state index contributed by atoms with van der Waals surface area (Å²) in [4.78, 5) is 28.6. The van der Waals surface area contributed by atoms with Gasteiger partial charge in [-0.1, -0.05) is 0 Å². The normalized spacial score (nSPS) is 14.8. The number of Topliss-reactive ketones (excluding diaryl/α,β-unsaturated/α-hetero) is 1. The maximum absolute atomic E-state index is 12.5. The minimum Gasteiger partial charge on any atom is -0.368 e. The van der Waals surface area contributed by atoms with Crippen LogP contribution in [0, 0.1) is 0 Å². The first kappa shape index (κ1) is 22.3. The number of urea groups is 1. The first-order valence-corrected chi connectivity index (χ1v) is 11.8. The number of hydrogen-bond acceptors (Lipinski definition) is 6. The third-order valence-corrected chi connectivity index (χ3v) is 8.36. The van der Waals surface area contributed by atoms with Gasteiger partial charge in [-0.25, -0.2) is 17.5 Å². The lowest BCUT2D eigenvalue weighted by Crippen LogP contribution is -2.51. The highest BCUT2D eigenvalue weighted by Crippen LogP contribution is 2.24. The Hall–Kier alpha value is -2.43. The SMILES string of the molecule is CC(=O)c1ccc(N2CCN(C(=O)NCc3ccc(S(=O)(=O)N(C)C)s3)CC2)cc1. The number of amides is 2. The van der Waals surface area contributed by atoms with Crippen LogP contribution in [-0.4, -0.2) is 69.7 Å². The Kier molecular flexibility index (Phi) is 6.79. The van der Waals surface area contributed by atoms with Crippen molar-refractivity contribution < 1.29 is 18.0 Å². The van der Waals surface area contributed by atoms with Gasteiger partial charge < -0.3 is 15.1 Å². The number of carbonyl (C=O) groups is 2. The molecule has 1 saturated heterocycles. The van der Waals surface area contributed by atoms with Crippen LogP contribution >= 0.6 is 11.3 Å². The predicted molar refractivity (Wildman–Crippen MR) is 118 cm³/mol. The lowest BCUT2D eigenvalue weighted by atomic mass is 10.1. The number of thiophene rings is 1. The van der Waals surface area contributed by atoms with Crippen molar-refractivity contribution in [2.45, 2.75) is 17.7 Å². The lowest BCUT2D eigenvalue weighted by molar-refractivity contribution is 0.101. The first-order chi connectivity index (χ1) is 14.2. The first-order valence-electron chi connectivity index (χ1n) is 9.58. The molecule has 0 saturated carbocycles. The number of benzene rings is 1. The van der Waals surface area contributed by atoms with Gasteiger partial charge in [-0.2, -0.15) is 0 Å². The fourth-order valence-corrected chi connectivity index (χ4v) is 5.59. The number of anilines is 1. The van der Waals surface area contributed by atoms with Gasteiger partial charge in [0.05, 0.1) is 6.54 Å². The summed E-state index contributed by atoms with van der Waals surface area (Å²) in [6.07, 6.45) is 0. The van der Waals surface area contributed by atoms with Crippen molar-refractivity contribution in [3.05, 3.63) is 46.8 Å². The summed E-state index contributed by atoms with van der Waals surface area (Å²) in [5, 5.41) is 2.87. The summed E-state index contributed by atoms with van der Waals surface area (Å²) < 4.78 is 25.7. The third kappa shape index (κ3) is 5.00. The van der Waals surface area contributed by atoms with E-state index >= 15 is 0 Å². The molecule has 8 nitrogen and oxygen atoms in total.